The number of anilines is 1. The Labute approximate surface area is 149 Å². The summed E-state index contributed by atoms with van der Waals surface area (Å²) in [5.41, 5.74) is 2.85. The topological polar surface area (TPSA) is 72.7 Å². The quantitative estimate of drug-likeness (QED) is 0.562. The molecule has 0 aliphatic carbocycles. The fourth-order valence-corrected chi connectivity index (χ4v) is 3.11. The zero-order valence-corrected chi connectivity index (χ0v) is 14.7. The van der Waals surface area contributed by atoms with Crippen molar-refractivity contribution >= 4 is 34.8 Å². The Bertz CT molecular complexity index is 936. The number of esters is 1. The largest absolute Gasteiger partial charge is 0.465 e. The summed E-state index contributed by atoms with van der Waals surface area (Å²) in [6.07, 6.45) is 3.68. The van der Waals surface area contributed by atoms with Crippen LogP contribution in [0.25, 0.3) is 5.52 Å². The SMILES string of the molecule is COC(=O)c1ccc(C)c(NC(=O)CSc2ncc3ccccn23)c1. The average molecular weight is 355 g/mol. The summed E-state index contributed by atoms with van der Waals surface area (Å²) in [5.74, 6) is -0.382. The molecular formula is C18H17N3O3S. The van der Waals surface area contributed by atoms with E-state index in [9.17, 15) is 9.59 Å². The number of imidazole rings is 1. The summed E-state index contributed by atoms with van der Waals surface area (Å²) in [6, 6.07) is 10.9. The van der Waals surface area contributed by atoms with Gasteiger partial charge in [-0.25, -0.2) is 9.78 Å². The molecule has 1 aromatic carbocycles. The first-order valence-electron chi connectivity index (χ1n) is 7.62. The van der Waals surface area contributed by atoms with Gasteiger partial charge >= 0.3 is 5.97 Å². The number of nitrogens with one attached hydrogen (secondary N) is 1. The third-order valence-corrected chi connectivity index (χ3v) is 4.64. The van der Waals surface area contributed by atoms with Crippen molar-refractivity contribution in [2.45, 2.75) is 12.1 Å². The minimum Gasteiger partial charge on any atom is -0.465 e. The normalized spacial score (nSPS) is 10.6. The van der Waals surface area contributed by atoms with Gasteiger partial charge in [-0.2, -0.15) is 0 Å². The van der Waals surface area contributed by atoms with Crippen molar-refractivity contribution < 1.29 is 14.3 Å². The van der Waals surface area contributed by atoms with Crippen molar-refractivity contribution in [1.29, 1.82) is 0 Å². The van der Waals surface area contributed by atoms with Crippen LogP contribution in [0.2, 0.25) is 0 Å². The van der Waals surface area contributed by atoms with Gasteiger partial charge in [0.25, 0.3) is 0 Å². The van der Waals surface area contributed by atoms with E-state index >= 15 is 0 Å². The highest BCUT2D eigenvalue weighted by atomic mass is 32.2. The zero-order valence-electron chi connectivity index (χ0n) is 13.9. The van der Waals surface area contributed by atoms with Crippen molar-refractivity contribution in [3.05, 3.63) is 59.9 Å². The number of hydrogen-bond acceptors (Lipinski definition) is 5. The van der Waals surface area contributed by atoms with Crippen molar-refractivity contribution in [3.63, 3.8) is 0 Å². The number of carbonyl (C=O) groups excluding carboxylic acids is 2. The van der Waals surface area contributed by atoms with Gasteiger partial charge in [0.2, 0.25) is 5.91 Å². The number of thioether (sulfide) groups is 1. The highest BCUT2D eigenvalue weighted by Gasteiger charge is 2.12. The summed E-state index contributed by atoms with van der Waals surface area (Å²) in [4.78, 5) is 28.2. The third kappa shape index (κ3) is 3.83. The first kappa shape index (κ1) is 17.0. The van der Waals surface area contributed by atoms with Crippen LogP contribution in [0.3, 0.4) is 0 Å². The van der Waals surface area contributed by atoms with Gasteiger partial charge in [-0.3, -0.25) is 9.20 Å². The highest BCUT2D eigenvalue weighted by Crippen LogP contribution is 2.21. The Kier molecular flexibility index (Phi) is 5.04. The first-order valence-corrected chi connectivity index (χ1v) is 8.61. The summed E-state index contributed by atoms with van der Waals surface area (Å²) < 4.78 is 6.64. The second-order valence-corrected chi connectivity index (χ2v) is 6.34. The lowest BCUT2D eigenvalue weighted by Gasteiger charge is -2.10. The molecule has 0 radical (unpaired) electrons. The van der Waals surface area contributed by atoms with E-state index in [-0.39, 0.29) is 11.7 Å². The van der Waals surface area contributed by atoms with Gasteiger partial charge in [-0.15, -0.1) is 0 Å². The molecule has 3 rings (SSSR count). The summed E-state index contributed by atoms with van der Waals surface area (Å²) in [6.45, 7) is 1.87. The highest BCUT2D eigenvalue weighted by molar-refractivity contribution is 7.99. The van der Waals surface area contributed by atoms with E-state index in [0.29, 0.717) is 11.3 Å². The summed E-state index contributed by atoms with van der Waals surface area (Å²) >= 11 is 1.35. The molecule has 25 heavy (non-hydrogen) atoms. The van der Waals surface area contributed by atoms with Crippen LogP contribution < -0.4 is 5.32 Å². The minimum atomic E-state index is -0.436. The molecule has 0 aliphatic rings. The number of fused-ring (bicyclic) bond motifs is 1. The van der Waals surface area contributed by atoms with Gasteiger partial charge in [0.05, 0.1) is 30.1 Å². The van der Waals surface area contributed by atoms with Gasteiger partial charge in [0.15, 0.2) is 5.16 Å². The molecule has 1 amide bonds. The van der Waals surface area contributed by atoms with E-state index in [4.69, 9.17) is 4.74 Å². The Morgan fingerprint density at radius 3 is 2.92 bits per heavy atom. The number of ether oxygens (including phenoxy) is 1. The molecule has 0 unspecified atom stereocenters. The molecule has 0 bridgehead atoms. The van der Waals surface area contributed by atoms with E-state index in [1.54, 1.807) is 24.4 Å². The smallest absolute Gasteiger partial charge is 0.337 e. The summed E-state index contributed by atoms with van der Waals surface area (Å²) in [7, 11) is 1.33. The van der Waals surface area contributed by atoms with Crippen LogP contribution in [0, 0.1) is 6.92 Å². The van der Waals surface area contributed by atoms with E-state index < -0.39 is 5.97 Å². The maximum Gasteiger partial charge on any atom is 0.337 e. The van der Waals surface area contributed by atoms with Crippen LogP contribution in [-0.4, -0.2) is 34.1 Å². The Balaban J connectivity index is 1.67. The number of hydrogen-bond donors (Lipinski definition) is 1. The van der Waals surface area contributed by atoms with E-state index in [0.717, 1.165) is 16.2 Å². The van der Waals surface area contributed by atoms with Gasteiger partial charge in [0.1, 0.15) is 0 Å². The predicted octanol–water partition coefficient (Wildman–Crippen LogP) is 3.16. The molecule has 0 atom stereocenters. The number of benzene rings is 1. The second kappa shape index (κ2) is 7.40. The number of methoxy groups -OCH3 is 1. The molecule has 0 spiro atoms. The lowest BCUT2D eigenvalue weighted by Crippen LogP contribution is -2.15. The fraction of sp³-hybridized carbons (Fsp3) is 0.167. The lowest BCUT2D eigenvalue weighted by molar-refractivity contribution is -0.113. The number of nitrogens with zero attached hydrogens (tertiary/aromatic N) is 2. The number of rotatable bonds is 5. The molecule has 0 fully saturated rings. The molecule has 2 aromatic heterocycles. The molecule has 2 heterocycles. The number of amides is 1. The standard InChI is InChI=1S/C18H17N3O3S/c1-12-6-7-13(17(23)24-2)9-15(12)20-16(22)11-25-18-19-10-14-5-3-4-8-21(14)18/h3-10H,11H2,1-2H3,(H,20,22). The number of carbonyl (C=O) groups is 2. The molecule has 1 N–H and O–H groups in total. The zero-order chi connectivity index (χ0) is 17.8. The molecule has 0 aliphatic heterocycles. The van der Waals surface area contributed by atoms with E-state index in [2.05, 4.69) is 10.3 Å². The maximum atomic E-state index is 12.3. The van der Waals surface area contributed by atoms with Crippen molar-refractivity contribution in [2.75, 3.05) is 18.2 Å². The van der Waals surface area contributed by atoms with E-state index in [1.807, 2.05) is 35.7 Å². The molecule has 128 valence electrons. The number of aromatic nitrogens is 2. The molecule has 3 aromatic rings. The van der Waals surface area contributed by atoms with Crippen molar-refractivity contribution in [2.24, 2.45) is 0 Å². The predicted molar refractivity (Wildman–Crippen MR) is 97.1 cm³/mol. The average Bonchev–Trinajstić information content (AvgIpc) is 3.04. The van der Waals surface area contributed by atoms with Gasteiger partial charge in [0, 0.05) is 11.9 Å². The van der Waals surface area contributed by atoms with Crippen LogP contribution >= 0.6 is 11.8 Å². The van der Waals surface area contributed by atoms with Crippen LogP contribution in [0.15, 0.2) is 53.9 Å². The summed E-state index contributed by atoms with van der Waals surface area (Å²) in [5, 5.41) is 3.59. The molecule has 0 saturated carbocycles. The number of aryl methyl sites for hydroxylation is 1. The maximum absolute atomic E-state index is 12.3. The number of pyridine rings is 1. The molecule has 0 saturated heterocycles. The van der Waals surface area contributed by atoms with Crippen molar-refractivity contribution in [1.82, 2.24) is 9.38 Å². The fourth-order valence-electron chi connectivity index (χ4n) is 2.34. The Hall–Kier alpha value is -2.80. The third-order valence-electron chi connectivity index (χ3n) is 3.67. The van der Waals surface area contributed by atoms with Crippen LogP contribution in [0.5, 0.6) is 0 Å². The van der Waals surface area contributed by atoms with Gasteiger partial charge in [-0.1, -0.05) is 23.9 Å². The molecule has 7 heteroatoms. The second-order valence-electron chi connectivity index (χ2n) is 5.39. The Morgan fingerprint density at radius 2 is 2.12 bits per heavy atom. The monoisotopic (exact) mass is 355 g/mol. The van der Waals surface area contributed by atoms with Gasteiger partial charge in [-0.05, 0) is 36.8 Å². The molecule has 6 nitrogen and oxygen atoms in total. The van der Waals surface area contributed by atoms with Crippen LogP contribution in [-0.2, 0) is 9.53 Å². The first-order chi connectivity index (χ1) is 12.1. The van der Waals surface area contributed by atoms with E-state index in [1.165, 1.54) is 18.9 Å². The van der Waals surface area contributed by atoms with Crippen LogP contribution in [0.1, 0.15) is 15.9 Å². The minimum absolute atomic E-state index is 0.164. The molecular weight excluding hydrogens is 338 g/mol. The van der Waals surface area contributed by atoms with Gasteiger partial charge < -0.3 is 10.1 Å². The Morgan fingerprint density at radius 1 is 1.28 bits per heavy atom. The van der Waals surface area contributed by atoms with Crippen molar-refractivity contribution in [3.8, 4) is 0 Å². The lowest BCUT2D eigenvalue weighted by atomic mass is 10.1. The van der Waals surface area contributed by atoms with Crippen LogP contribution in [0.4, 0.5) is 5.69 Å².